The van der Waals surface area contributed by atoms with E-state index in [9.17, 15) is 4.79 Å². The largest absolute Gasteiger partial charge is 0.460 e. The summed E-state index contributed by atoms with van der Waals surface area (Å²) < 4.78 is 64.9. The number of esters is 1. The van der Waals surface area contributed by atoms with Crippen molar-refractivity contribution in [3.63, 3.8) is 0 Å². The van der Waals surface area contributed by atoms with Crippen molar-refractivity contribution in [1.29, 1.82) is 0 Å². The fraction of sp³-hybridized carbons (Fsp3) is 0.727. The zero-order valence-corrected chi connectivity index (χ0v) is 27.7. The summed E-state index contributed by atoms with van der Waals surface area (Å²) in [7, 11) is 0. The minimum absolute atomic E-state index is 0.199. The highest BCUT2D eigenvalue weighted by atomic mass is 16.6. The molecule has 0 unspecified atom stereocenters. The molecular weight excluding hydrogens is 604 g/mol. The van der Waals surface area contributed by atoms with E-state index in [4.69, 9.17) is 56.8 Å². The van der Waals surface area contributed by atoms with E-state index in [0.29, 0.717) is 151 Å². The summed E-state index contributed by atoms with van der Waals surface area (Å²) in [4.78, 5) is 11.2. The summed E-state index contributed by atoms with van der Waals surface area (Å²) >= 11 is 0. The highest BCUT2D eigenvalue weighted by molar-refractivity contribution is 5.86. The molecule has 1 rings (SSSR count). The molecule has 0 fully saturated rings. The molecule has 0 N–H and O–H groups in total. The Kier molecular flexibility index (Phi) is 31.4. The predicted octanol–water partition coefficient (Wildman–Crippen LogP) is 2.49. The molecule has 0 heterocycles. The van der Waals surface area contributed by atoms with E-state index in [-0.39, 0.29) is 6.61 Å². The number of rotatable bonds is 36. The normalized spacial score (nSPS) is 11.2. The van der Waals surface area contributed by atoms with Gasteiger partial charge < -0.3 is 56.8 Å². The number of carbonyl (C=O) groups excluding carboxylic acids is 1. The van der Waals surface area contributed by atoms with E-state index < -0.39 is 5.97 Å². The Labute approximate surface area is 274 Å². The zero-order chi connectivity index (χ0) is 33.0. The van der Waals surface area contributed by atoms with E-state index >= 15 is 0 Å². The molecule has 0 saturated carbocycles. The van der Waals surface area contributed by atoms with E-state index in [1.54, 1.807) is 6.92 Å². The topological polar surface area (TPSA) is 128 Å². The second-order valence-electron chi connectivity index (χ2n) is 9.58. The van der Waals surface area contributed by atoms with Crippen LogP contribution in [0.15, 0.2) is 42.5 Å². The quantitative estimate of drug-likeness (QED) is 0.0595. The van der Waals surface area contributed by atoms with Gasteiger partial charge in [0.1, 0.15) is 6.61 Å². The van der Waals surface area contributed by atoms with Gasteiger partial charge in [0.15, 0.2) is 0 Å². The van der Waals surface area contributed by atoms with Crippen LogP contribution in [0.2, 0.25) is 0 Å². The molecule has 46 heavy (non-hydrogen) atoms. The summed E-state index contributed by atoms with van der Waals surface area (Å²) in [5.74, 6) is -0.413. The fourth-order valence-corrected chi connectivity index (χ4v) is 3.28. The van der Waals surface area contributed by atoms with Crippen LogP contribution in [0.5, 0.6) is 0 Å². The van der Waals surface area contributed by atoms with Crippen LogP contribution in [-0.2, 0) is 68.2 Å². The molecule has 0 saturated heterocycles. The van der Waals surface area contributed by atoms with Crippen molar-refractivity contribution in [2.24, 2.45) is 0 Å². The average molecular weight is 661 g/mol. The van der Waals surface area contributed by atoms with Crippen molar-refractivity contribution in [2.45, 2.75) is 13.5 Å². The minimum atomic E-state index is -0.413. The van der Waals surface area contributed by atoms with E-state index in [1.807, 2.05) is 30.3 Å². The molecule has 266 valence electrons. The van der Waals surface area contributed by atoms with Gasteiger partial charge in [-0.3, -0.25) is 0 Å². The lowest BCUT2D eigenvalue weighted by Crippen LogP contribution is -2.15. The highest BCUT2D eigenvalue weighted by Gasteiger charge is 2.02. The van der Waals surface area contributed by atoms with Crippen LogP contribution < -0.4 is 0 Å². The third-order valence-electron chi connectivity index (χ3n) is 5.64. The fourth-order valence-electron chi connectivity index (χ4n) is 3.28. The van der Waals surface area contributed by atoms with E-state index in [0.717, 1.165) is 5.56 Å². The summed E-state index contributed by atoms with van der Waals surface area (Å²) in [5, 5.41) is 0. The Balaban J connectivity index is 1.62. The van der Waals surface area contributed by atoms with Crippen molar-refractivity contribution in [2.75, 3.05) is 145 Å². The predicted molar refractivity (Wildman–Crippen MR) is 170 cm³/mol. The van der Waals surface area contributed by atoms with Crippen LogP contribution in [0.3, 0.4) is 0 Å². The molecular formula is C33H56O13. The van der Waals surface area contributed by atoms with Crippen LogP contribution >= 0.6 is 0 Å². The lowest BCUT2D eigenvalue weighted by molar-refractivity contribution is -0.140. The first-order chi connectivity index (χ1) is 22.7. The summed E-state index contributed by atoms with van der Waals surface area (Å²) in [6, 6.07) is 10.1. The Morgan fingerprint density at radius 3 is 0.978 bits per heavy atom. The van der Waals surface area contributed by atoms with Crippen LogP contribution in [0.1, 0.15) is 12.5 Å². The molecule has 0 spiro atoms. The molecule has 0 aliphatic heterocycles. The standard InChI is InChI=1S/C33H56O13/c1-31(2)33(34)46-29-28-44-25-24-42-21-20-40-17-16-38-13-12-36-9-8-35-10-11-37-14-15-39-18-19-41-22-23-43-26-27-45-30-32-6-4-3-5-7-32/h3-7H,1,8-30H2,2H3. The molecule has 1 aromatic carbocycles. The van der Waals surface area contributed by atoms with Gasteiger partial charge in [-0.2, -0.15) is 0 Å². The first-order valence-corrected chi connectivity index (χ1v) is 15.9. The molecule has 0 atom stereocenters. The SMILES string of the molecule is C=C(C)C(=O)OCCOCCOCCOCCOCCOCCOCCOCCOCCOCCOCCOCc1ccccc1. The zero-order valence-electron chi connectivity index (χ0n) is 27.7. The Morgan fingerprint density at radius 2 is 0.696 bits per heavy atom. The second kappa shape index (κ2) is 34.3. The van der Waals surface area contributed by atoms with Crippen LogP contribution in [0.4, 0.5) is 0 Å². The molecule has 0 radical (unpaired) electrons. The highest BCUT2D eigenvalue weighted by Crippen LogP contribution is 2.00. The number of hydrogen-bond donors (Lipinski definition) is 0. The molecule has 0 aromatic heterocycles. The van der Waals surface area contributed by atoms with Gasteiger partial charge in [-0.05, 0) is 12.5 Å². The van der Waals surface area contributed by atoms with Gasteiger partial charge in [-0.25, -0.2) is 4.79 Å². The van der Waals surface area contributed by atoms with Crippen LogP contribution in [0, 0.1) is 0 Å². The molecule has 1 aromatic rings. The Hall–Kier alpha value is -2.01. The summed E-state index contributed by atoms with van der Waals surface area (Å²) in [5.41, 5.74) is 1.53. The smallest absolute Gasteiger partial charge is 0.333 e. The van der Waals surface area contributed by atoms with Crippen molar-refractivity contribution in [1.82, 2.24) is 0 Å². The summed E-state index contributed by atoms with van der Waals surface area (Å²) in [6.07, 6.45) is 0. The van der Waals surface area contributed by atoms with Crippen molar-refractivity contribution in [3.05, 3.63) is 48.0 Å². The van der Waals surface area contributed by atoms with E-state index in [1.165, 1.54) is 0 Å². The third-order valence-corrected chi connectivity index (χ3v) is 5.64. The Morgan fingerprint density at radius 1 is 0.435 bits per heavy atom. The number of hydrogen-bond acceptors (Lipinski definition) is 13. The number of benzene rings is 1. The van der Waals surface area contributed by atoms with Crippen LogP contribution in [-0.4, -0.2) is 151 Å². The first kappa shape index (κ1) is 42.0. The van der Waals surface area contributed by atoms with Crippen molar-refractivity contribution < 1.29 is 61.6 Å². The molecule has 0 amide bonds. The van der Waals surface area contributed by atoms with Gasteiger partial charge >= 0.3 is 5.97 Å². The second-order valence-corrected chi connectivity index (χ2v) is 9.58. The minimum Gasteiger partial charge on any atom is -0.460 e. The van der Waals surface area contributed by atoms with Crippen LogP contribution in [0.25, 0.3) is 0 Å². The van der Waals surface area contributed by atoms with E-state index in [2.05, 4.69) is 6.58 Å². The van der Waals surface area contributed by atoms with Gasteiger partial charge in [0.05, 0.1) is 145 Å². The maximum atomic E-state index is 11.2. The monoisotopic (exact) mass is 660 g/mol. The number of ether oxygens (including phenoxy) is 12. The maximum absolute atomic E-state index is 11.2. The van der Waals surface area contributed by atoms with Crippen molar-refractivity contribution >= 4 is 5.97 Å². The lowest BCUT2D eigenvalue weighted by atomic mass is 10.2. The van der Waals surface area contributed by atoms with Gasteiger partial charge in [-0.15, -0.1) is 0 Å². The molecule has 0 aliphatic carbocycles. The lowest BCUT2D eigenvalue weighted by Gasteiger charge is -2.09. The molecule has 0 bridgehead atoms. The summed E-state index contributed by atoms with van der Waals surface area (Å²) in [6.45, 7) is 16.2. The molecule has 13 nitrogen and oxygen atoms in total. The number of carbonyl (C=O) groups is 1. The first-order valence-electron chi connectivity index (χ1n) is 15.9. The molecule has 0 aliphatic rings. The van der Waals surface area contributed by atoms with Gasteiger partial charge in [0.2, 0.25) is 0 Å². The van der Waals surface area contributed by atoms with Gasteiger partial charge in [0.25, 0.3) is 0 Å². The molecule has 13 heteroatoms. The third kappa shape index (κ3) is 30.6. The maximum Gasteiger partial charge on any atom is 0.333 e. The Bertz CT molecular complexity index is 797. The van der Waals surface area contributed by atoms with Gasteiger partial charge in [0, 0.05) is 5.57 Å². The van der Waals surface area contributed by atoms with Crippen molar-refractivity contribution in [3.8, 4) is 0 Å². The van der Waals surface area contributed by atoms with Gasteiger partial charge in [-0.1, -0.05) is 36.9 Å². The average Bonchev–Trinajstić information content (AvgIpc) is 3.06.